The van der Waals surface area contributed by atoms with Gasteiger partial charge < -0.3 is 15.3 Å². The largest absolute Gasteiger partial charge is 0.481 e. The number of amides is 2. The molecule has 0 bridgehead atoms. The summed E-state index contributed by atoms with van der Waals surface area (Å²) in [7, 11) is 1.54. The maximum atomic E-state index is 11.8. The molecule has 104 valence electrons. The first-order valence-electron chi connectivity index (χ1n) is 5.51. The number of hydrogen-bond acceptors (Lipinski definition) is 3. The van der Waals surface area contributed by atoms with Crippen LogP contribution >= 0.6 is 23.4 Å². The van der Waals surface area contributed by atoms with E-state index >= 15 is 0 Å². The van der Waals surface area contributed by atoms with E-state index in [1.165, 1.54) is 23.7 Å². The summed E-state index contributed by atoms with van der Waals surface area (Å²) in [5.74, 6) is -0.938. The topological polar surface area (TPSA) is 69.6 Å². The van der Waals surface area contributed by atoms with Crippen LogP contribution < -0.4 is 5.32 Å². The molecule has 0 fully saturated rings. The van der Waals surface area contributed by atoms with Crippen molar-refractivity contribution < 1.29 is 14.7 Å². The van der Waals surface area contributed by atoms with Crippen molar-refractivity contribution in [3.63, 3.8) is 0 Å². The van der Waals surface area contributed by atoms with E-state index in [9.17, 15) is 9.59 Å². The molecular weight excluding hydrogens is 288 g/mol. The molecule has 0 aliphatic heterocycles. The number of urea groups is 1. The van der Waals surface area contributed by atoms with Gasteiger partial charge in [-0.05, 0) is 24.5 Å². The fraction of sp³-hybridized carbons (Fsp3) is 0.333. The molecule has 19 heavy (non-hydrogen) atoms. The van der Waals surface area contributed by atoms with Crippen LogP contribution in [0.4, 0.5) is 10.5 Å². The highest BCUT2D eigenvalue weighted by Gasteiger charge is 2.11. The first-order chi connectivity index (χ1) is 8.93. The number of nitrogens with zero attached hydrogens (tertiary/aromatic N) is 1. The van der Waals surface area contributed by atoms with Crippen LogP contribution in [-0.4, -0.2) is 41.9 Å². The minimum absolute atomic E-state index is 0.0872. The minimum atomic E-state index is -0.938. The van der Waals surface area contributed by atoms with E-state index < -0.39 is 5.97 Å². The van der Waals surface area contributed by atoms with Gasteiger partial charge in [0.2, 0.25) is 0 Å². The Morgan fingerprint density at radius 2 is 2.16 bits per heavy atom. The van der Waals surface area contributed by atoms with E-state index in [1.807, 2.05) is 12.3 Å². The lowest BCUT2D eigenvalue weighted by atomic mass is 10.3. The number of thioether (sulfide) groups is 1. The molecular formula is C12H15ClN2O3S. The highest BCUT2D eigenvalue weighted by molar-refractivity contribution is 7.98. The first kappa shape index (κ1) is 15.7. The Kier molecular flexibility index (Phi) is 5.98. The molecule has 1 rings (SSSR count). The normalized spacial score (nSPS) is 10.1. The Balaban J connectivity index is 2.61. The van der Waals surface area contributed by atoms with Crippen LogP contribution in [0.2, 0.25) is 5.02 Å². The summed E-state index contributed by atoms with van der Waals surface area (Å²) >= 11 is 7.55. The molecule has 0 aromatic heterocycles. The quantitative estimate of drug-likeness (QED) is 0.820. The highest BCUT2D eigenvalue weighted by Crippen LogP contribution is 2.27. The van der Waals surface area contributed by atoms with Crippen LogP contribution in [0.5, 0.6) is 0 Å². The number of carboxylic acids is 1. The van der Waals surface area contributed by atoms with Gasteiger partial charge in [0, 0.05) is 24.2 Å². The summed E-state index contributed by atoms with van der Waals surface area (Å²) in [6, 6.07) is 4.87. The number of aliphatic carboxylic acids is 1. The Labute approximate surface area is 120 Å². The second-order valence-corrected chi connectivity index (χ2v) is 5.10. The number of hydrogen-bond donors (Lipinski definition) is 2. The van der Waals surface area contributed by atoms with Crippen molar-refractivity contribution in [2.45, 2.75) is 11.3 Å². The molecule has 1 aromatic rings. The fourth-order valence-corrected chi connectivity index (χ4v) is 2.20. The second-order valence-electron chi connectivity index (χ2n) is 3.84. The van der Waals surface area contributed by atoms with Gasteiger partial charge in [0.25, 0.3) is 0 Å². The average molecular weight is 303 g/mol. The molecule has 0 aliphatic carbocycles. The van der Waals surface area contributed by atoms with Crippen LogP contribution in [0, 0.1) is 0 Å². The second kappa shape index (κ2) is 7.25. The standard InChI is InChI=1S/C12H15ClN2O3S/c1-15(6-5-11(16)17)12(18)14-8-3-4-10(19-2)9(13)7-8/h3-4,7H,5-6H2,1-2H3,(H,14,18)(H,16,17). The van der Waals surface area contributed by atoms with E-state index in [-0.39, 0.29) is 19.0 Å². The van der Waals surface area contributed by atoms with Gasteiger partial charge in [0.05, 0.1) is 11.4 Å². The van der Waals surface area contributed by atoms with Crippen molar-refractivity contribution in [2.24, 2.45) is 0 Å². The molecule has 1 aromatic carbocycles. The van der Waals surface area contributed by atoms with Gasteiger partial charge in [-0.25, -0.2) is 4.79 Å². The summed E-state index contributed by atoms with van der Waals surface area (Å²) in [5.41, 5.74) is 0.579. The van der Waals surface area contributed by atoms with E-state index in [0.29, 0.717) is 10.7 Å². The van der Waals surface area contributed by atoms with Gasteiger partial charge in [0.15, 0.2) is 0 Å². The minimum Gasteiger partial charge on any atom is -0.481 e. The van der Waals surface area contributed by atoms with E-state index in [0.717, 1.165) is 4.90 Å². The summed E-state index contributed by atoms with van der Waals surface area (Å²) in [5, 5.41) is 11.8. The van der Waals surface area contributed by atoms with Gasteiger partial charge in [-0.15, -0.1) is 11.8 Å². The van der Waals surface area contributed by atoms with E-state index in [4.69, 9.17) is 16.7 Å². The van der Waals surface area contributed by atoms with Crippen LogP contribution in [0.1, 0.15) is 6.42 Å². The molecule has 0 heterocycles. The van der Waals surface area contributed by atoms with Crippen molar-refractivity contribution in [3.05, 3.63) is 23.2 Å². The lowest BCUT2D eigenvalue weighted by molar-refractivity contribution is -0.137. The first-order valence-corrected chi connectivity index (χ1v) is 7.11. The highest BCUT2D eigenvalue weighted by atomic mass is 35.5. The van der Waals surface area contributed by atoms with E-state index in [2.05, 4.69) is 5.32 Å². The number of carbonyl (C=O) groups is 2. The number of benzene rings is 1. The Hall–Kier alpha value is -1.40. The predicted octanol–water partition coefficient (Wildman–Crippen LogP) is 3.00. The molecule has 7 heteroatoms. The number of carbonyl (C=O) groups excluding carboxylic acids is 1. The fourth-order valence-electron chi connectivity index (χ4n) is 1.33. The number of carboxylic acid groups (broad SMARTS) is 1. The number of nitrogens with one attached hydrogen (secondary N) is 1. The maximum absolute atomic E-state index is 11.8. The van der Waals surface area contributed by atoms with Crippen LogP contribution in [0.15, 0.2) is 23.1 Å². The van der Waals surface area contributed by atoms with Crippen molar-refractivity contribution in [3.8, 4) is 0 Å². The van der Waals surface area contributed by atoms with E-state index in [1.54, 1.807) is 12.1 Å². The Bertz CT molecular complexity index is 482. The van der Waals surface area contributed by atoms with Gasteiger partial charge in [0.1, 0.15) is 0 Å². The van der Waals surface area contributed by atoms with Gasteiger partial charge >= 0.3 is 12.0 Å². The van der Waals surface area contributed by atoms with Crippen molar-refractivity contribution in [2.75, 3.05) is 25.2 Å². The smallest absolute Gasteiger partial charge is 0.321 e. The molecule has 0 unspecified atom stereocenters. The summed E-state index contributed by atoms with van der Waals surface area (Å²) in [6.45, 7) is 0.151. The third-order valence-electron chi connectivity index (χ3n) is 2.41. The predicted molar refractivity (Wildman–Crippen MR) is 77.1 cm³/mol. The Morgan fingerprint density at radius 1 is 1.47 bits per heavy atom. The van der Waals surface area contributed by atoms with Crippen LogP contribution in [0.25, 0.3) is 0 Å². The molecule has 2 N–H and O–H groups in total. The lowest BCUT2D eigenvalue weighted by Gasteiger charge is -2.17. The zero-order chi connectivity index (χ0) is 14.4. The lowest BCUT2D eigenvalue weighted by Crippen LogP contribution is -2.33. The molecule has 2 amide bonds. The molecule has 5 nitrogen and oxygen atoms in total. The molecule has 0 radical (unpaired) electrons. The monoisotopic (exact) mass is 302 g/mol. The summed E-state index contributed by atoms with van der Waals surface area (Å²) < 4.78 is 0. The molecule has 0 atom stereocenters. The van der Waals surface area contributed by atoms with Crippen LogP contribution in [0.3, 0.4) is 0 Å². The van der Waals surface area contributed by atoms with Crippen molar-refractivity contribution in [1.29, 1.82) is 0 Å². The molecule has 0 saturated heterocycles. The average Bonchev–Trinajstić information content (AvgIpc) is 2.36. The zero-order valence-electron chi connectivity index (χ0n) is 10.6. The summed E-state index contributed by atoms with van der Waals surface area (Å²) in [6.07, 6.45) is 1.83. The van der Waals surface area contributed by atoms with Crippen LogP contribution in [-0.2, 0) is 4.79 Å². The number of rotatable bonds is 5. The molecule has 0 saturated carbocycles. The third kappa shape index (κ3) is 5.00. The van der Waals surface area contributed by atoms with Gasteiger partial charge in [-0.1, -0.05) is 11.6 Å². The maximum Gasteiger partial charge on any atom is 0.321 e. The third-order valence-corrected chi connectivity index (χ3v) is 3.63. The van der Waals surface area contributed by atoms with Gasteiger partial charge in [-0.2, -0.15) is 0 Å². The number of anilines is 1. The summed E-state index contributed by atoms with van der Waals surface area (Å²) in [4.78, 5) is 24.4. The SMILES string of the molecule is CSc1ccc(NC(=O)N(C)CCC(=O)O)cc1Cl. The number of halogens is 1. The zero-order valence-corrected chi connectivity index (χ0v) is 12.2. The molecule has 0 spiro atoms. The van der Waals surface area contributed by atoms with Crippen molar-refractivity contribution >= 4 is 41.1 Å². The molecule has 0 aliphatic rings. The van der Waals surface area contributed by atoms with Crippen molar-refractivity contribution in [1.82, 2.24) is 4.90 Å². The Morgan fingerprint density at radius 3 is 2.68 bits per heavy atom. The van der Waals surface area contributed by atoms with Gasteiger partial charge in [-0.3, -0.25) is 4.79 Å².